The van der Waals surface area contributed by atoms with Crippen molar-refractivity contribution in [1.82, 2.24) is 0 Å². The number of hydrogen-bond donors (Lipinski definition) is 0. The first-order chi connectivity index (χ1) is 7.58. The third-order valence-corrected chi connectivity index (χ3v) is 2.59. The summed E-state index contributed by atoms with van der Waals surface area (Å²) in [6.45, 7) is 6.89. The van der Waals surface area contributed by atoms with Gasteiger partial charge in [0, 0.05) is 6.42 Å². The largest absolute Gasteiger partial charge is 0.488 e. The van der Waals surface area contributed by atoms with Gasteiger partial charge < -0.3 is 4.74 Å². The second-order valence-corrected chi connectivity index (χ2v) is 5.57. The Morgan fingerprint density at radius 1 is 1.29 bits per heavy atom. The van der Waals surface area contributed by atoms with Gasteiger partial charge in [-0.25, -0.2) is 0 Å². The SMILES string of the molecule is CC1C=C(C(C)(C)C)C=C(OCC(F)(F)F)C1. The summed E-state index contributed by atoms with van der Waals surface area (Å²) in [5, 5.41) is 0. The molecule has 0 aromatic carbocycles. The molecule has 0 aromatic heterocycles. The Kier molecular flexibility index (Phi) is 3.95. The fourth-order valence-corrected chi connectivity index (χ4v) is 1.70. The van der Waals surface area contributed by atoms with E-state index in [0.717, 1.165) is 5.57 Å². The third kappa shape index (κ3) is 4.84. The maximum Gasteiger partial charge on any atom is 0.422 e. The van der Waals surface area contributed by atoms with E-state index in [9.17, 15) is 13.2 Å². The van der Waals surface area contributed by atoms with Crippen molar-refractivity contribution in [3.8, 4) is 0 Å². The smallest absolute Gasteiger partial charge is 0.422 e. The number of halogens is 3. The molecular formula is C13H19F3O. The van der Waals surface area contributed by atoms with Crippen LogP contribution in [0.15, 0.2) is 23.5 Å². The van der Waals surface area contributed by atoms with Crippen molar-refractivity contribution >= 4 is 0 Å². The maximum atomic E-state index is 12.1. The predicted octanol–water partition coefficient (Wildman–Crippen LogP) is 4.46. The van der Waals surface area contributed by atoms with Crippen LogP contribution < -0.4 is 0 Å². The summed E-state index contributed by atoms with van der Waals surface area (Å²) in [7, 11) is 0. The molecule has 0 amide bonds. The summed E-state index contributed by atoms with van der Waals surface area (Å²) >= 11 is 0. The highest BCUT2D eigenvalue weighted by Crippen LogP contribution is 2.34. The average Bonchev–Trinajstić information content (AvgIpc) is 2.11. The maximum absolute atomic E-state index is 12.1. The van der Waals surface area contributed by atoms with Gasteiger partial charge in [-0.3, -0.25) is 0 Å². The lowest BCUT2D eigenvalue weighted by Gasteiger charge is -2.27. The van der Waals surface area contributed by atoms with Crippen molar-refractivity contribution in [3.05, 3.63) is 23.5 Å². The molecule has 1 atom stereocenters. The van der Waals surface area contributed by atoms with Crippen molar-refractivity contribution in [1.29, 1.82) is 0 Å². The summed E-state index contributed by atoms with van der Waals surface area (Å²) < 4.78 is 41.1. The minimum absolute atomic E-state index is 0.0679. The summed E-state index contributed by atoms with van der Waals surface area (Å²) in [5.74, 6) is 0.653. The number of alkyl halides is 3. The minimum atomic E-state index is -4.27. The first kappa shape index (κ1) is 14.1. The highest BCUT2D eigenvalue weighted by molar-refractivity contribution is 5.31. The van der Waals surface area contributed by atoms with E-state index in [-0.39, 0.29) is 11.3 Å². The van der Waals surface area contributed by atoms with E-state index in [1.807, 2.05) is 27.7 Å². The summed E-state index contributed by atoms with van der Waals surface area (Å²) in [5.41, 5.74) is 0.968. The molecule has 0 spiro atoms. The minimum Gasteiger partial charge on any atom is -0.488 e. The number of ether oxygens (including phenoxy) is 1. The molecule has 1 nitrogen and oxygen atoms in total. The molecule has 1 aliphatic rings. The number of rotatable bonds is 2. The quantitative estimate of drug-likeness (QED) is 0.701. The van der Waals surface area contributed by atoms with Crippen molar-refractivity contribution in [2.24, 2.45) is 11.3 Å². The van der Waals surface area contributed by atoms with Crippen LogP contribution in [0.3, 0.4) is 0 Å². The van der Waals surface area contributed by atoms with Crippen LogP contribution in [0.4, 0.5) is 13.2 Å². The highest BCUT2D eigenvalue weighted by atomic mass is 19.4. The van der Waals surface area contributed by atoms with Gasteiger partial charge >= 0.3 is 6.18 Å². The van der Waals surface area contributed by atoms with Crippen molar-refractivity contribution in [2.45, 2.75) is 40.3 Å². The van der Waals surface area contributed by atoms with Crippen molar-refractivity contribution in [2.75, 3.05) is 6.61 Å². The van der Waals surface area contributed by atoms with Crippen molar-refractivity contribution in [3.63, 3.8) is 0 Å². The van der Waals surface area contributed by atoms with E-state index in [0.29, 0.717) is 12.2 Å². The standard InChI is InChI=1S/C13H19F3O/c1-9-5-10(12(2,3)4)7-11(6-9)17-8-13(14,15)16/h5,7,9H,6,8H2,1-4H3. The van der Waals surface area contributed by atoms with Crippen molar-refractivity contribution < 1.29 is 17.9 Å². The number of allylic oxidation sites excluding steroid dienone is 4. The van der Waals surface area contributed by atoms with Gasteiger partial charge in [-0.1, -0.05) is 33.8 Å². The average molecular weight is 248 g/mol. The highest BCUT2D eigenvalue weighted by Gasteiger charge is 2.30. The Morgan fingerprint density at radius 2 is 1.88 bits per heavy atom. The van der Waals surface area contributed by atoms with Crippen LogP contribution in [0, 0.1) is 11.3 Å². The summed E-state index contributed by atoms with van der Waals surface area (Å²) in [4.78, 5) is 0. The molecule has 4 heteroatoms. The zero-order valence-electron chi connectivity index (χ0n) is 10.7. The Labute approximate surface area is 100 Å². The van der Waals surface area contributed by atoms with Gasteiger partial charge in [0.05, 0.1) is 5.76 Å². The van der Waals surface area contributed by atoms with Crippen LogP contribution >= 0.6 is 0 Å². The molecule has 0 aliphatic heterocycles. The van der Waals surface area contributed by atoms with Crippen LogP contribution in [0.2, 0.25) is 0 Å². The van der Waals surface area contributed by atoms with E-state index in [2.05, 4.69) is 6.08 Å². The van der Waals surface area contributed by atoms with Crippen LogP contribution in [-0.4, -0.2) is 12.8 Å². The van der Waals surface area contributed by atoms with Gasteiger partial charge in [0.2, 0.25) is 0 Å². The Morgan fingerprint density at radius 3 is 2.35 bits per heavy atom. The molecule has 1 unspecified atom stereocenters. The van der Waals surface area contributed by atoms with Gasteiger partial charge in [0.1, 0.15) is 0 Å². The monoisotopic (exact) mass is 248 g/mol. The summed E-state index contributed by atoms with van der Waals surface area (Å²) in [6, 6.07) is 0. The van der Waals surface area contributed by atoms with Crippen LogP contribution in [0.1, 0.15) is 34.1 Å². The van der Waals surface area contributed by atoms with Gasteiger partial charge in [-0.15, -0.1) is 0 Å². The zero-order valence-corrected chi connectivity index (χ0v) is 10.7. The molecule has 17 heavy (non-hydrogen) atoms. The van der Waals surface area contributed by atoms with Crippen LogP contribution in [-0.2, 0) is 4.74 Å². The lowest BCUT2D eigenvalue weighted by Crippen LogP contribution is -2.19. The van der Waals surface area contributed by atoms with Crippen LogP contribution in [0.5, 0.6) is 0 Å². The second-order valence-electron chi connectivity index (χ2n) is 5.57. The first-order valence-corrected chi connectivity index (χ1v) is 5.70. The Hall–Kier alpha value is -0.930. The Bertz CT molecular complexity index is 332. The molecule has 0 bridgehead atoms. The van der Waals surface area contributed by atoms with Gasteiger partial charge in [0.25, 0.3) is 0 Å². The predicted molar refractivity (Wildman–Crippen MR) is 61.4 cm³/mol. The topological polar surface area (TPSA) is 9.23 Å². The molecule has 0 saturated heterocycles. The molecule has 0 fully saturated rings. The van der Waals surface area contributed by atoms with Gasteiger partial charge in [-0.2, -0.15) is 13.2 Å². The molecule has 1 aliphatic carbocycles. The normalized spacial score (nSPS) is 21.9. The fourth-order valence-electron chi connectivity index (χ4n) is 1.70. The third-order valence-electron chi connectivity index (χ3n) is 2.59. The molecule has 0 N–H and O–H groups in total. The van der Waals surface area contributed by atoms with E-state index in [1.54, 1.807) is 6.08 Å². The molecule has 1 rings (SSSR count). The molecule has 0 aromatic rings. The Balaban J connectivity index is 2.74. The van der Waals surface area contributed by atoms with Gasteiger partial charge in [0.15, 0.2) is 6.61 Å². The molecule has 98 valence electrons. The zero-order chi connectivity index (χ0) is 13.3. The van der Waals surface area contributed by atoms with Gasteiger partial charge in [-0.05, 0) is 23.0 Å². The molecule has 0 saturated carbocycles. The molecular weight excluding hydrogens is 229 g/mol. The van der Waals surface area contributed by atoms with E-state index in [4.69, 9.17) is 4.74 Å². The molecule has 0 heterocycles. The first-order valence-electron chi connectivity index (χ1n) is 5.70. The van der Waals surface area contributed by atoms with Crippen LogP contribution in [0.25, 0.3) is 0 Å². The summed E-state index contributed by atoms with van der Waals surface area (Å²) in [6.07, 6.45) is 0.106. The van der Waals surface area contributed by atoms with E-state index in [1.165, 1.54) is 0 Å². The fraction of sp³-hybridized carbons (Fsp3) is 0.692. The second kappa shape index (κ2) is 4.75. The lowest BCUT2D eigenvalue weighted by molar-refractivity contribution is -0.165. The molecule has 0 radical (unpaired) electrons. The van der Waals surface area contributed by atoms with E-state index < -0.39 is 12.8 Å². The van der Waals surface area contributed by atoms with E-state index >= 15 is 0 Å². The lowest BCUT2D eigenvalue weighted by atomic mass is 9.81. The number of hydrogen-bond acceptors (Lipinski definition) is 1.